The van der Waals surface area contributed by atoms with E-state index in [-0.39, 0.29) is 5.69 Å². The van der Waals surface area contributed by atoms with Crippen molar-refractivity contribution in [3.63, 3.8) is 0 Å². The van der Waals surface area contributed by atoms with Gasteiger partial charge in [0.05, 0.1) is 10.2 Å². The number of hydrogen-bond donors (Lipinski definition) is 1. The van der Waals surface area contributed by atoms with Crippen molar-refractivity contribution in [1.29, 1.82) is 0 Å². The summed E-state index contributed by atoms with van der Waals surface area (Å²) in [6.07, 6.45) is 0. The normalized spacial score (nSPS) is 10.6. The quantitative estimate of drug-likeness (QED) is 0.946. The Hall–Kier alpha value is -1.62. The maximum Gasteiger partial charge on any atom is 0.357 e. The molecule has 1 N–H and O–H groups in total. The van der Waals surface area contributed by atoms with Crippen LogP contribution in [0.1, 0.15) is 23.0 Å². The number of carboxylic acid groups (broad SMARTS) is 1. The van der Waals surface area contributed by atoms with E-state index in [2.05, 4.69) is 21.0 Å². The first-order valence-electron chi connectivity index (χ1n) is 5.61. The number of aryl methyl sites for hydroxylation is 2. The van der Waals surface area contributed by atoms with Gasteiger partial charge in [-0.1, -0.05) is 29.8 Å². The maximum absolute atomic E-state index is 11.1. The van der Waals surface area contributed by atoms with E-state index >= 15 is 0 Å². The summed E-state index contributed by atoms with van der Waals surface area (Å²) < 4.78 is 2.22. The summed E-state index contributed by atoms with van der Waals surface area (Å²) in [5.74, 6) is -1.03. The predicted octanol–water partition coefficient (Wildman–Crippen LogP) is 3.34. The first-order valence-corrected chi connectivity index (χ1v) is 6.40. The van der Waals surface area contributed by atoms with Gasteiger partial charge in [-0.3, -0.25) is 4.68 Å². The molecular formula is C13H13BrN2O2. The molecule has 94 valence electrons. The summed E-state index contributed by atoms with van der Waals surface area (Å²) in [5, 5.41) is 13.2. The Morgan fingerprint density at radius 1 is 1.39 bits per heavy atom. The molecule has 0 spiro atoms. The second-order valence-electron chi connectivity index (χ2n) is 4.00. The summed E-state index contributed by atoms with van der Waals surface area (Å²) in [7, 11) is 0. The van der Waals surface area contributed by atoms with Crippen molar-refractivity contribution in [2.75, 3.05) is 0 Å². The molecule has 2 rings (SSSR count). The number of halogens is 1. The molecule has 0 amide bonds. The Bertz CT molecular complexity index is 588. The zero-order valence-corrected chi connectivity index (χ0v) is 11.7. The van der Waals surface area contributed by atoms with Crippen molar-refractivity contribution in [2.24, 2.45) is 0 Å². The standard InChI is InChI=1S/C13H13BrN2O2/c1-3-16-12(9-6-4-8(2)5-7-9)10(14)11(15-16)13(17)18/h4-7H,3H2,1-2H3,(H,17,18). The number of carbonyl (C=O) groups is 1. The molecule has 1 heterocycles. The number of aromatic carboxylic acids is 1. The third kappa shape index (κ3) is 2.18. The van der Waals surface area contributed by atoms with Gasteiger partial charge in [-0.25, -0.2) is 4.79 Å². The van der Waals surface area contributed by atoms with Crippen LogP contribution in [0, 0.1) is 6.92 Å². The molecule has 0 bridgehead atoms. The van der Waals surface area contributed by atoms with Gasteiger partial charge in [-0.05, 0) is 29.8 Å². The highest BCUT2D eigenvalue weighted by Gasteiger charge is 2.20. The molecule has 0 saturated heterocycles. The first kappa shape index (κ1) is 12.8. The fourth-order valence-corrected chi connectivity index (χ4v) is 2.48. The molecule has 2 aromatic rings. The molecule has 0 unspecified atom stereocenters. The minimum atomic E-state index is -1.03. The maximum atomic E-state index is 11.1. The number of hydrogen-bond acceptors (Lipinski definition) is 2. The topological polar surface area (TPSA) is 55.1 Å². The molecule has 18 heavy (non-hydrogen) atoms. The molecule has 4 nitrogen and oxygen atoms in total. The van der Waals surface area contributed by atoms with Crippen molar-refractivity contribution in [2.45, 2.75) is 20.4 Å². The van der Waals surface area contributed by atoms with Crippen LogP contribution in [-0.2, 0) is 6.54 Å². The van der Waals surface area contributed by atoms with Crippen LogP contribution in [0.3, 0.4) is 0 Å². The van der Waals surface area contributed by atoms with Crippen LogP contribution in [0.4, 0.5) is 0 Å². The predicted molar refractivity (Wildman–Crippen MR) is 72.7 cm³/mol. The lowest BCUT2D eigenvalue weighted by atomic mass is 10.1. The Kier molecular flexibility index (Phi) is 3.52. The summed E-state index contributed by atoms with van der Waals surface area (Å²) >= 11 is 3.33. The van der Waals surface area contributed by atoms with Crippen LogP contribution >= 0.6 is 15.9 Å². The minimum absolute atomic E-state index is 0.0485. The van der Waals surface area contributed by atoms with Gasteiger partial charge in [0.1, 0.15) is 0 Å². The zero-order valence-electron chi connectivity index (χ0n) is 10.1. The van der Waals surface area contributed by atoms with E-state index in [0.29, 0.717) is 11.0 Å². The van der Waals surface area contributed by atoms with Crippen LogP contribution in [0.25, 0.3) is 11.3 Å². The van der Waals surface area contributed by atoms with Crippen molar-refractivity contribution < 1.29 is 9.90 Å². The SMILES string of the molecule is CCn1nc(C(=O)O)c(Br)c1-c1ccc(C)cc1. The lowest BCUT2D eigenvalue weighted by Crippen LogP contribution is -2.02. The van der Waals surface area contributed by atoms with Crippen LogP contribution in [0.5, 0.6) is 0 Å². The summed E-state index contributed by atoms with van der Waals surface area (Å²) in [4.78, 5) is 11.1. The fourth-order valence-electron chi connectivity index (χ4n) is 1.79. The lowest BCUT2D eigenvalue weighted by Gasteiger charge is -2.05. The Morgan fingerprint density at radius 3 is 2.50 bits per heavy atom. The number of nitrogens with zero attached hydrogens (tertiary/aromatic N) is 2. The largest absolute Gasteiger partial charge is 0.476 e. The van der Waals surface area contributed by atoms with Gasteiger partial charge in [0.25, 0.3) is 0 Å². The number of aromatic nitrogens is 2. The average Bonchev–Trinajstić information content (AvgIpc) is 2.67. The molecule has 0 aliphatic carbocycles. The Balaban J connectivity index is 2.62. The third-order valence-electron chi connectivity index (χ3n) is 2.72. The van der Waals surface area contributed by atoms with Crippen LogP contribution in [0.2, 0.25) is 0 Å². The summed E-state index contributed by atoms with van der Waals surface area (Å²) in [6.45, 7) is 4.57. The molecule has 5 heteroatoms. The molecule has 0 aliphatic rings. The van der Waals surface area contributed by atoms with Gasteiger partial charge in [-0.15, -0.1) is 0 Å². The molecular weight excluding hydrogens is 296 g/mol. The van der Waals surface area contributed by atoms with Gasteiger partial charge in [0.15, 0.2) is 5.69 Å². The summed E-state index contributed by atoms with van der Waals surface area (Å²) in [6, 6.07) is 7.92. The molecule has 0 radical (unpaired) electrons. The van der Waals surface area contributed by atoms with Crippen LogP contribution < -0.4 is 0 Å². The molecule has 0 fully saturated rings. The highest BCUT2D eigenvalue weighted by Crippen LogP contribution is 2.31. The second kappa shape index (κ2) is 4.94. The fraction of sp³-hybridized carbons (Fsp3) is 0.231. The highest BCUT2D eigenvalue weighted by molar-refractivity contribution is 9.10. The Morgan fingerprint density at radius 2 is 2.00 bits per heavy atom. The van der Waals surface area contributed by atoms with Gasteiger partial charge in [-0.2, -0.15) is 5.10 Å². The van der Waals surface area contributed by atoms with Gasteiger partial charge in [0.2, 0.25) is 0 Å². The van der Waals surface area contributed by atoms with Gasteiger partial charge >= 0.3 is 5.97 Å². The van der Waals surface area contributed by atoms with E-state index in [1.165, 1.54) is 0 Å². The zero-order chi connectivity index (χ0) is 13.3. The second-order valence-corrected chi connectivity index (χ2v) is 4.79. The average molecular weight is 309 g/mol. The van der Waals surface area contributed by atoms with Crippen LogP contribution in [-0.4, -0.2) is 20.9 Å². The van der Waals surface area contributed by atoms with Crippen molar-refractivity contribution in [3.05, 3.63) is 40.0 Å². The minimum Gasteiger partial charge on any atom is -0.476 e. The lowest BCUT2D eigenvalue weighted by molar-refractivity contribution is 0.0688. The van der Waals surface area contributed by atoms with Crippen molar-refractivity contribution in [3.8, 4) is 11.3 Å². The van der Waals surface area contributed by atoms with Crippen molar-refractivity contribution in [1.82, 2.24) is 9.78 Å². The third-order valence-corrected chi connectivity index (χ3v) is 3.47. The van der Waals surface area contributed by atoms with E-state index in [1.54, 1.807) is 4.68 Å². The molecule has 0 atom stereocenters. The molecule has 0 aliphatic heterocycles. The van der Waals surface area contributed by atoms with Gasteiger partial charge in [0, 0.05) is 12.1 Å². The first-order chi connectivity index (χ1) is 8.54. The molecule has 1 aromatic heterocycles. The van der Waals surface area contributed by atoms with E-state index < -0.39 is 5.97 Å². The monoisotopic (exact) mass is 308 g/mol. The molecule has 0 saturated carbocycles. The van der Waals surface area contributed by atoms with E-state index in [0.717, 1.165) is 16.8 Å². The van der Waals surface area contributed by atoms with E-state index in [9.17, 15) is 4.79 Å². The summed E-state index contributed by atoms with van der Waals surface area (Å²) in [5.41, 5.74) is 2.97. The van der Waals surface area contributed by atoms with Gasteiger partial charge < -0.3 is 5.11 Å². The Labute approximate surface area is 113 Å². The highest BCUT2D eigenvalue weighted by atomic mass is 79.9. The van der Waals surface area contributed by atoms with Crippen molar-refractivity contribution >= 4 is 21.9 Å². The van der Waals surface area contributed by atoms with E-state index in [1.807, 2.05) is 38.1 Å². The number of rotatable bonds is 3. The smallest absolute Gasteiger partial charge is 0.357 e. The van der Waals surface area contributed by atoms with E-state index in [4.69, 9.17) is 5.11 Å². The molecule has 1 aromatic carbocycles. The number of benzene rings is 1. The number of carboxylic acids is 1. The van der Waals surface area contributed by atoms with Crippen LogP contribution in [0.15, 0.2) is 28.7 Å².